The maximum absolute atomic E-state index is 11.9. The summed E-state index contributed by atoms with van der Waals surface area (Å²) in [4.78, 5) is 34.5. The third-order valence-corrected chi connectivity index (χ3v) is 5.13. The molecule has 2 aromatic carbocycles. The van der Waals surface area contributed by atoms with E-state index in [9.17, 15) is 19.7 Å². The average molecular weight is 402 g/mol. The molecule has 0 aromatic heterocycles. The highest BCUT2D eigenvalue weighted by atomic mass is 32.2. The van der Waals surface area contributed by atoms with Gasteiger partial charge in [0.05, 0.1) is 10.7 Å². The number of ether oxygens (including phenoxy) is 1. The summed E-state index contributed by atoms with van der Waals surface area (Å²) in [6.07, 6.45) is 1.04. The van der Waals surface area contributed by atoms with Crippen molar-refractivity contribution in [1.29, 1.82) is 0 Å². The minimum atomic E-state index is -0.536. The van der Waals surface area contributed by atoms with Gasteiger partial charge in [-0.25, -0.2) is 0 Å². The standard InChI is InChI=1S/C20H22N2O5S/c1-3-14(2)15-4-6-16(7-5-15)21-19(23)12-27-20(24)13-28-18-10-8-17(9-11-18)22(25)26/h4-11,14H,3,12-13H2,1-2H3,(H,21,23)/t14-/m1/s1. The number of nitrogens with one attached hydrogen (secondary N) is 1. The number of esters is 1. The molecule has 0 heterocycles. The first-order chi connectivity index (χ1) is 13.4. The van der Waals surface area contributed by atoms with Gasteiger partial charge in [-0.3, -0.25) is 19.7 Å². The monoisotopic (exact) mass is 402 g/mol. The Bertz CT molecular complexity index is 821. The summed E-state index contributed by atoms with van der Waals surface area (Å²) in [5.41, 5.74) is 1.84. The van der Waals surface area contributed by atoms with Crippen LogP contribution in [0, 0.1) is 10.1 Å². The van der Waals surface area contributed by atoms with E-state index in [4.69, 9.17) is 4.74 Å². The molecule has 2 rings (SSSR count). The highest BCUT2D eigenvalue weighted by Gasteiger charge is 2.10. The number of amides is 1. The van der Waals surface area contributed by atoms with Crippen molar-refractivity contribution in [2.45, 2.75) is 31.1 Å². The Hall–Kier alpha value is -2.87. The number of non-ortho nitro benzene ring substituents is 1. The molecule has 0 aliphatic carbocycles. The number of nitro benzene ring substituents is 1. The normalized spacial score (nSPS) is 11.5. The fourth-order valence-corrected chi connectivity index (χ4v) is 3.02. The number of nitro groups is 1. The zero-order valence-corrected chi connectivity index (χ0v) is 16.5. The lowest BCUT2D eigenvalue weighted by molar-refractivity contribution is -0.384. The van der Waals surface area contributed by atoms with Gasteiger partial charge in [0.1, 0.15) is 0 Å². The number of hydrogen-bond acceptors (Lipinski definition) is 6. The number of carbonyl (C=O) groups is 2. The molecule has 0 aliphatic rings. The maximum atomic E-state index is 11.9. The third-order valence-electron chi connectivity index (χ3n) is 4.14. The van der Waals surface area contributed by atoms with E-state index in [-0.39, 0.29) is 18.0 Å². The number of carbonyl (C=O) groups excluding carboxylic acids is 2. The molecule has 0 aliphatic heterocycles. The lowest BCUT2D eigenvalue weighted by Gasteiger charge is -2.10. The van der Waals surface area contributed by atoms with Crippen LogP contribution < -0.4 is 5.32 Å². The van der Waals surface area contributed by atoms with Crippen molar-refractivity contribution in [3.05, 3.63) is 64.2 Å². The molecule has 28 heavy (non-hydrogen) atoms. The summed E-state index contributed by atoms with van der Waals surface area (Å²) in [5, 5.41) is 13.3. The molecule has 7 nitrogen and oxygen atoms in total. The SMILES string of the molecule is CC[C@@H](C)c1ccc(NC(=O)COC(=O)CSc2ccc([N+](=O)[O-])cc2)cc1. The zero-order valence-electron chi connectivity index (χ0n) is 15.7. The number of thioether (sulfide) groups is 1. The summed E-state index contributed by atoms with van der Waals surface area (Å²) in [5.74, 6) is -0.483. The highest BCUT2D eigenvalue weighted by molar-refractivity contribution is 8.00. The quantitative estimate of drug-likeness (QED) is 0.289. The van der Waals surface area contributed by atoms with Gasteiger partial charge in [-0.1, -0.05) is 26.0 Å². The van der Waals surface area contributed by atoms with Gasteiger partial charge in [-0.15, -0.1) is 11.8 Å². The van der Waals surface area contributed by atoms with E-state index in [2.05, 4.69) is 19.2 Å². The van der Waals surface area contributed by atoms with Gasteiger partial charge in [0.25, 0.3) is 11.6 Å². The molecule has 148 valence electrons. The van der Waals surface area contributed by atoms with Crippen LogP contribution >= 0.6 is 11.8 Å². The largest absolute Gasteiger partial charge is 0.455 e. The first kappa shape index (κ1) is 21.4. The van der Waals surface area contributed by atoms with Crippen LogP contribution in [0.1, 0.15) is 31.7 Å². The molecule has 0 saturated carbocycles. The van der Waals surface area contributed by atoms with E-state index in [1.54, 1.807) is 12.1 Å². The van der Waals surface area contributed by atoms with Crippen molar-refractivity contribution in [2.24, 2.45) is 0 Å². The van der Waals surface area contributed by atoms with Gasteiger partial charge in [0, 0.05) is 22.7 Å². The first-order valence-corrected chi connectivity index (χ1v) is 9.80. The van der Waals surface area contributed by atoms with Crippen molar-refractivity contribution < 1.29 is 19.2 Å². The van der Waals surface area contributed by atoms with Crippen LogP contribution in [-0.2, 0) is 14.3 Å². The molecule has 0 fully saturated rings. The van der Waals surface area contributed by atoms with Crippen LogP contribution in [0.15, 0.2) is 53.4 Å². The third kappa shape index (κ3) is 6.70. The number of hydrogen-bond donors (Lipinski definition) is 1. The van der Waals surface area contributed by atoms with Crippen molar-refractivity contribution in [3.8, 4) is 0 Å². The van der Waals surface area contributed by atoms with Crippen molar-refractivity contribution in [3.63, 3.8) is 0 Å². The molecular formula is C20H22N2O5S. The Labute approximate surface area is 167 Å². The second-order valence-corrected chi connectivity index (χ2v) is 7.23. The molecule has 0 unspecified atom stereocenters. The Morgan fingerprint density at radius 1 is 1.14 bits per heavy atom. The summed E-state index contributed by atoms with van der Waals surface area (Å²) in [6, 6.07) is 13.4. The molecule has 1 N–H and O–H groups in total. The average Bonchev–Trinajstić information content (AvgIpc) is 2.71. The Morgan fingerprint density at radius 3 is 2.36 bits per heavy atom. The molecule has 0 bridgehead atoms. The second kappa shape index (κ2) is 10.5. The van der Waals surface area contributed by atoms with Crippen molar-refractivity contribution >= 4 is 35.0 Å². The molecule has 1 amide bonds. The lowest BCUT2D eigenvalue weighted by atomic mass is 9.99. The molecule has 2 aromatic rings. The Kier molecular flexibility index (Phi) is 8.01. The van der Waals surface area contributed by atoms with Gasteiger partial charge in [0.2, 0.25) is 0 Å². The fraction of sp³-hybridized carbons (Fsp3) is 0.300. The van der Waals surface area contributed by atoms with Gasteiger partial charge >= 0.3 is 5.97 Å². The maximum Gasteiger partial charge on any atom is 0.316 e. The Balaban J connectivity index is 1.73. The smallest absolute Gasteiger partial charge is 0.316 e. The fourth-order valence-electron chi connectivity index (χ4n) is 2.32. The number of nitrogens with zero attached hydrogens (tertiary/aromatic N) is 1. The first-order valence-electron chi connectivity index (χ1n) is 8.81. The highest BCUT2D eigenvalue weighted by Crippen LogP contribution is 2.22. The van der Waals surface area contributed by atoms with E-state index < -0.39 is 16.8 Å². The minimum absolute atomic E-state index is 0.00863. The number of benzene rings is 2. The summed E-state index contributed by atoms with van der Waals surface area (Å²) < 4.78 is 4.96. The second-order valence-electron chi connectivity index (χ2n) is 6.18. The Morgan fingerprint density at radius 2 is 1.79 bits per heavy atom. The van der Waals surface area contributed by atoms with E-state index in [1.807, 2.05) is 24.3 Å². The molecule has 8 heteroatoms. The summed E-state index contributed by atoms with van der Waals surface area (Å²) >= 11 is 1.18. The lowest BCUT2D eigenvalue weighted by Crippen LogP contribution is -2.21. The van der Waals surface area contributed by atoms with E-state index in [1.165, 1.54) is 29.5 Å². The van der Waals surface area contributed by atoms with E-state index >= 15 is 0 Å². The summed E-state index contributed by atoms with van der Waals surface area (Å²) in [6.45, 7) is 3.89. The van der Waals surface area contributed by atoms with Crippen LogP contribution in [0.4, 0.5) is 11.4 Å². The van der Waals surface area contributed by atoms with Crippen molar-refractivity contribution in [2.75, 3.05) is 17.7 Å². The predicted octanol–water partition coefficient (Wildman–Crippen LogP) is 4.38. The van der Waals surface area contributed by atoms with E-state index in [0.717, 1.165) is 6.42 Å². The number of anilines is 1. The van der Waals surface area contributed by atoms with Crippen LogP contribution in [0.25, 0.3) is 0 Å². The molecule has 0 spiro atoms. The molecule has 0 saturated heterocycles. The zero-order chi connectivity index (χ0) is 20.5. The van der Waals surface area contributed by atoms with E-state index in [0.29, 0.717) is 16.5 Å². The number of rotatable bonds is 9. The van der Waals surface area contributed by atoms with Crippen LogP contribution in [-0.4, -0.2) is 29.2 Å². The van der Waals surface area contributed by atoms with Gasteiger partial charge < -0.3 is 10.1 Å². The van der Waals surface area contributed by atoms with Crippen LogP contribution in [0.2, 0.25) is 0 Å². The van der Waals surface area contributed by atoms with Gasteiger partial charge in [-0.05, 0) is 42.2 Å². The van der Waals surface area contributed by atoms with Crippen LogP contribution in [0.5, 0.6) is 0 Å². The van der Waals surface area contributed by atoms with Crippen LogP contribution in [0.3, 0.4) is 0 Å². The molecule has 0 radical (unpaired) electrons. The molecule has 1 atom stereocenters. The van der Waals surface area contributed by atoms with Gasteiger partial charge in [-0.2, -0.15) is 0 Å². The topological polar surface area (TPSA) is 98.5 Å². The minimum Gasteiger partial charge on any atom is -0.455 e. The van der Waals surface area contributed by atoms with Gasteiger partial charge in [0.15, 0.2) is 6.61 Å². The summed E-state index contributed by atoms with van der Waals surface area (Å²) in [7, 11) is 0. The molecular weight excluding hydrogens is 380 g/mol. The van der Waals surface area contributed by atoms with Crippen molar-refractivity contribution in [1.82, 2.24) is 0 Å². The predicted molar refractivity (Wildman–Crippen MR) is 109 cm³/mol.